The normalized spacial score (nSPS) is 13.0. The Labute approximate surface area is 129 Å². The Bertz CT molecular complexity index is 731. The second kappa shape index (κ2) is 5.62. The van der Waals surface area contributed by atoms with Crippen molar-refractivity contribution in [2.75, 3.05) is 0 Å². The van der Waals surface area contributed by atoms with E-state index in [4.69, 9.17) is 0 Å². The lowest BCUT2D eigenvalue weighted by Gasteiger charge is -2.13. The maximum atomic E-state index is 4.46. The van der Waals surface area contributed by atoms with Crippen molar-refractivity contribution in [3.8, 4) is 0 Å². The summed E-state index contributed by atoms with van der Waals surface area (Å²) < 4.78 is 2.29. The summed E-state index contributed by atoms with van der Waals surface area (Å²) in [5, 5.41) is 6.10. The molecule has 1 N–H and O–H groups in total. The molecule has 1 atom stereocenters. The van der Waals surface area contributed by atoms with Gasteiger partial charge in [0.15, 0.2) is 0 Å². The van der Waals surface area contributed by atoms with Gasteiger partial charge in [-0.1, -0.05) is 18.2 Å². The van der Waals surface area contributed by atoms with Crippen LogP contribution in [-0.2, 0) is 13.6 Å². The van der Waals surface area contributed by atoms with E-state index in [1.54, 1.807) is 11.3 Å². The first-order valence-electron chi connectivity index (χ1n) is 7.26. The molecule has 3 rings (SSSR count). The molecule has 1 aromatic carbocycles. The SMILES string of the molecule is Cc1cnc(C(C)NCc2c(C)c3ccccc3n2C)s1. The van der Waals surface area contributed by atoms with E-state index in [1.807, 2.05) is 6.20 Å². The zero-order chi connectivity index (χ0) is 15.0. The second-order valence-electron chi connectivity index (χ2n) is 5.56. The van der Waals surface area contributed by atoms with Gasteiger partial charge in [0.1, 0.15) is 5.01 Å². The number of hydrogen-bond acceptors (Lipinski definition) is 3. The van der Waals surface area contributed by atoms with Gasteiger partial charge in [-0.15, -0.1) is 11.3 Å². The minimum Gasteiger partial charge on any atom is -0.346 e. The molecule has 2 aromatic heterocycles. The number of rotatable bonds is 4. The Balaban J connectivity index is 1.82. The van der Waals surface area contributed by atoms with E-state index in [9.17, 15) is 0 Å². The summed E-state index contributed by atoms with van der Waals surface area (Å²) in [7, 11) is 2.14. The van der Waals surface area contributed by atoms with Gasteiger partial charge in [0.05, 0.1) is 6.04 Å². The quantitative estimate of drug-likeness (QED) is 0.786. The van der Waals surface area contributed by atoms with Gasteiger partial charge in [-0.25, -0.2) is 4.98 Å². The lowest BCUT2D eigenvalue weighted by atomic mass is 10.1. The molecule has 0 bridgehead atoms. The van der Waals surface area contributed by atoms with Gasteiger partial charge in [0.25, 0.3) is 0 Å². The molecule has 4 heteroatoms. The van der Waals surface area contributed by atoms with Gasteiger partial charge in [0.2, 0.25) is 0 Å². The molecule has 3 nitrogen and oxygen atoms in total. The maximum absolute atomic E-state index is 4.46. The fraction of sp³-hybridized carbons (Fsp3) is 0.353. The van der Waals surface area contributed by atoms with Gasteiger partial charge in [-0.2, -0.15) is 0 Å². The number of hydrogen-bond donors (Lipinski definition) is 1. The minimum absolute atomic E-state index is 0.279. The number of nitrogens with one attached hydrogen (secondary N) is 1. The van der Waals surface area contributed by atoms with Crippen LogP contribution in [0, 0.1) is 13.8 Å². The van der Waals surface area contributed by atoms with Crippen LogP contribution in [0.2, 0.25) is 0 Å². The largest absolute Gasteiger partial charge is 0.346 e. The van der Waals surface area contributed by atoms with Crippen molar-refractivity contribution < 1.29 is 0 Å². The summed E-state index contributed by atoms with van der Waals surface area (Å²) >= 11 is 1.76. The molecule has 0 radical (unpaired) electrons. The van der Waals surface area contributed by atoms with Crippen molar-refractivity contribution in [3.05, 3.63) is 51.6 Å². The summed E-state index contributed by atoms with van der Waals surface area (Å²) in [6, 6.07) is 8.86. The van der Waals surface area contributed by atoms with Crippen LogP contribution in [0.25, 0.3) is 10.9 Å². The molecule has 2 heterocycles. The molecule has 0 aliphatic rings. The fourth-order valence-corrected chi connectivity index (χ4v) is 3.60. The standard InChI is InChI=1S/C17H21N3S/c1-11-9-19-17(21-11)13(3)18-10-16-12(2)14-7-5-6-8-15(14)20(16)4/h5-9,13,18H,10H2,1-4H3. The van der Waals surface area contributed by atoms with E-state index in [0.717, 1.165) is 11.6 Å². The number of aryl methyl sites for hydroxylation is 3. The highest BCUT2D eigenvalue weighted by Crippen LogP contribution is 2.25. The predicted octanol–water partition coefficient (Wildman–Crippen LogP) is 4.10. The molecule has 0 saturated carbocycles. The Kier molecular flexibility index (Phi) is 3.83. The van der Waals surface area contributed by atoms with Gasteiger partial charge in [0, 0.05) is 41.3 Å². The van der Waals surface area contributed by atoms with Crippen molar-refractivity contribution in [2.45, 2.75) is 33.4 Å². The number of fused-ring (bicyclic) bond motifs is 1. The van der Waals surface area contributed by atoms with Crippen LogP contribution in [0.1, 0.15) is 34.1 Å². The average Bonchev–Trinajstić information content (AvgIpc) is 3.02. The molecule has 0 amide bonds. The summed E-state index contributed by atoms with van der Waals surface area (Å²) in [5.74, 6) is 0. The molecular formula is C17H21N3S. The molecule has 0 fully saturated rings. The van der Waals surface area contributed by atoms with Crippen LogP contribution >= 0.6 is 11.3 Å². The lowest BCUT2D eigenvalue weighted by molar-refractivity contribution is 0.555. The Morgan fingerprint density at radius 3 is 2.71 bits per heavy atom. The third-order valence-electron chi connectivity index (χ3n) is 4.09. The van der Waals surface area contributed by atoms with Crippen LogP contribution in [0.3, 0.4) is 0 Å². The summed E-state index contributed by atoms with van der Waals surface area (Å²) in [6.07, 6.45) is 1.94. The van der Waals surface area contributed by atoms with Crippen molar-refractivity contribution in [2.24, 2.45) is 7.05 Å². The molecule has 0 aliphatic heterocycles. The number of para-hydroxylation sites is 1. The number of nitrogens with zero attached hydrogens (tertiary/aromatic N) is 2. The summed E-state index contributed by atoms with van der Waals surface area (Å²) in [6.45, 7) is 7.34. The molecule has 110 valence electrons. The Morgan fingerprint density at radius 2 is 2.05 bits per heavy atom. The van der Waals surface area contributed by atoms with Crippen LogP contribution < -0.4 is 5.32 Å². The van der Waals surface area contributed by atoms with Crippen LogP contribution in [0.4, 0.5) is 0 Å². The number of thiazole rings is 1. The first kappa shape index (κ1) is 14.3. The predicted molar refractivity (Wildman–Crippen MR) is 89.8 cm³/mol. The van der Waals surface area contributed by atoms with Gasteiger partial charge in [-0.05, 0) is 32.4 Å². The maximum Gasteiger partial charge on any atom is 0.109 e. The summed E-state index contributed by atoms with van der Waals surface area (Å²) in [5.41, 5.74) is 4.00. The zero-order valence-electron chi connectivity index (χ0n) is 13.0. The van der Waals surface area contributed by atoms with Crippen molar-refractivity contribution in [1.29, 1.82) is 0 Å². The van der Waals surface area contributed by atoms with Crippen molar-refractivity contribution in [3.63, 3.8) is 0 Å². The first-order chi connectivity index (χ1) is 10.1. The molecule has 3 aromatic rings. The van der Waals surface area contributed by atoms with Gasteiger partial charge >= 0.3 is 0 Å². The first-order valence-corrected chi connectivity index (χ1v) is 8.08. The van der Waals surface area contributed by atoms with Gasteiger partial charge in [-0.3, -0.25) is 0 Å². The highest BCUT2D eigenvalue weighted by molar-refractivity contribution is 7.11. The third kappa shape index (κ3) is 2.61. The van der Waals surface area contributed by atoms with E-state index in [1.165, 1.54) is 27.0 Å². The van der Waals surface area contributed by atoms with E-state index in [-0.39, 0.29) is 6.04 Å². The van der Waals surface area contributed by atoms with Crippen molar-refractivity contribution in [1.82, 2.24) is 14.9 Å². The number of aromatic nitrogens is 2. The fourth-order valence-electron chi connectivity index (χ4n) is 2.80. The van der Waals surface area contributed by atoms with E-state index in [0.29, 0.717) is 0 Å². The monoisotopic (exact) mass is 299 g/mol. The van der Waals surface area contributed by atoms with E-state index in [2.05, 4.69) is 67.0 Å². The summed E-state index contributed by atoms with van der Waals surface area (Å²) in [4.78, 5) is 5.73. The van der Waals surface area contributed by atoms with Crippen LogP contribution in [0.5, 0.6) is 0 Å². The molecule has 0 saturated heterocycles. The topological polar surface area (TPSA) is 29.9 Å². The van der Waals surface area contributed by atoms with E-state index >= 15 is 0 Å². The molecule has 21 heavy (non-hydrogen) atoms. The van der Waals surface area contributed by atoms with Crippen LogP contribution in [-0.4, -0.2) is 9.55 Å². The zero-order valence-corrected chi connectivity index (χ0v) is 13.8. The number of benzene rings is 1. The highest BCUT2D eigenvalue weighted by atomic mass is 32.1. The van der Waals surface area contributed by atoms with Crippen LogP contribution in [0.15, 0.2) is 30.5 Å². The Hall–Kier alpha value is -1.65. The average molecular weight is 299 g/mol. The Morgan fingerprint density at radius 1 is 1.29 bits per heavy atom. The smallest absolute Gasteiger partial charge is 0.109 e. The highest BCUT2D eigenvalue weighted by Gasteiger charge is 2.13. The third-order valence-corrected chi connectivity index (χ3v) is 5.19. The molecule has 0 aliphatic carbocycles. The second-order valence-corrected chi connectivity index (χ2v) is 6.83. The van der Waals surface area contributed by atoms with E-state index < -0.39 is 0 Å². The minimum atomic E-state index is 0.279. The molecular weight excluding hydrogens is 278 g/mol. The molecule has 0 spiro atoms. The lowest BCUT2D eigenvalue weighted by Crippen LogP contribution is -2.20. The molecule has 1 unspecified atom stereocenters. The van der Waals surface area contributed by atoms with Crippen molar-refractivity contribution >= 4 is 22.2 Å². The van der Waals surface area contributed by atoms with Gasteiger partial charge < -0.3 is 9.88 Å².